The molecule has 2 saturated heterocycles. The number of fused-ring (bicyclic) bond motifs is 1. The Morgan fingerprint density at radius 2 is 1.79 bits per heavy atom. The highest BCUT2D eigenvalue weighted by Gasteiger charge is 2.33. The van der Waals surface area contributed by atoms with Gasteiger partial charge in [0.2, 0.25) is 11.9 Å². The molecular weight excluding hydrogens is 442 g/mol. The number of nitrogens with zero attached hydrogens (tertiary/aromatic N) is 7. The average Bonchev–Trinajstić information content (AvgIpc) is 3.39. The largest absolute Gasteiger partial charge is 0.419 e. The van der Waals surface area contributed by atoms with E-state index in [9.17, 15) is 17.6 Å². The molecule has 9 nitrogen and oxygen atoms in total. The molecule has 0 amide bonds. The third-order valence-electron chi connectivity index (χ3n) is 5.94. The number of alkyl halides is 4. The van der Waals surface area contributed by atoms with E-state index >= 15 is 0 Å². The Balaban J connectivity index is 1.35. The fourth-order valence-electron chi connectivity index (χ4n) is 4.39. The zero-order valence-electron chi connectivity index (χ0n) is 17.6. The fraction of sp³-hybridized carbons (Fsp3) is 0.500. The van der Waals surface area contributed by atoms with Gasteiger partial charge >= 0.3 is 6.18 Å². The standard InChI is InChI=1S/C20H23F4N9/c21-13-5-15(30-18-27-6-12(7-28-18)20(22,23)24)11-32(9-13)19-29-8-16-17(26-2-4-33(16)19)31-3-1-14(25)10-31/h2,4,6-8,13-15H,1,3,5,9-11,25H2,(H,27,28,30)/t13-,14?,15-/m1/s1. The molecule has 0 radical (unpaired) electrons. The van der Waals surface area contributed by atoms with E-state index in [2.05, 4.69) is 30.2 Å². The van der Waals surface area contributed by atoms with Crippen LogP contribution in [-0.4, -0.2) is 68.8 Å². The normalized spacial score (nSPS) is 24.0. The fourth-order valence-corrected chi connectivity index (χ4v) is 4.39. The van der Waals surface area contributed by atoms with Crippen molar-refractivity contribution in [2.24, 2.45) is 5.73 Å². The van der Waals surface area contributed by atoms with E-state index in [1.165, 1.54) is 0 Å². The molecule has 0 bridgehead atoms. The van der Waals surface area contributed by atoms with Crippen molar-refractivity contribution in [3.05, 3.63) is 36.5 Å². The van der Waals surface area contributed by atoms with Crippen LogP contribution in [0.3, 0.4) is 0 Å². The lowest BCUT2D eigenvalue weighted by molar-refractivity contribution is -0.138. The average molecular weight is 465 g/mol. The maximum atomic E-state index is 14.6. The van der Waals surface area contributed by atoms with Gasteiger partial charge in [-0.05, 0) is 6.42 Å². The Bertz CT molecular complexity index is 1120. The lowest BCUT2D eigenvalue weighted by Gasteiger charge is -2.35. The number of aromatic nitrogens is 5. The molecule has 0 spiro atoms. The van der Waals surface area contributed by atoms with Gasteiger partial charge < -0.3 is 20.9 Å². The van der Waals surface area contributed by atoms with Crippen LogP contribution in [0.4, 0.5) is 35.3 Å². The first-order valence-electron chi connectivity index (χ1n) is 10.7. The summed E-state index contributed by atoms with van der Waals surface area (Å²) >= 11 is 0. The van der Waals surface area contributed by atoms with Gasteiger partial charge in [-0.2, -0.15) is 13.2 Å². The summed E-state index contributed by atoms with van der Waals surface area (Å²) in [5, 5.41) is 2.95. The summed E-state index contributed by atoms with van der Waals surface area (Å²) in [6, 6.07) is -0.307. The van der Waals surface area contributed by atoms with E-state index in [4.69, 9.17) is 5.73 Å². The first kappa shape index (κ1) is 21.6. The molecule has 1 unspecified atom stereocenters. The maximum absolute atomic E-state index is 14.6. The molecule has 33 heavy (non-hydrogen) atoms. The van der Waals surface area contributed by atoms with Crippen molar-refractivity contribution in [2.75, 3.05) is 41.3 Å². The van der Waals surface area contributed by atoms with Crippen molar-refractivity contribution in [1.82, 2.24) is 24.3 Å². The molecule has 0 aliphatic carbocycles. The SMILES string of the molecule is NC1CCN(c2nccn3c(N4C[C@H](F)C[C@@H](Nc5ncc(C(F)(F)F)cn5)C4)ncc23)C1. The first-order chi connectivity index (χ1) is 15.8. The van der Waals surface area contributed by atoms with Crippen LogP contribution in [-0.2, 0) is 6.18 Å². The number of rotatable bonds is 4. The molecule has 2 aliphatic rings. The van der Waals surface area contributed by atoms with E-state index in [0.29, 0.717) is 31.4 Å². The van der Waals surface area contributed by atoms with Gasteiger partial charge in [-0.15, -0.1) is 0 Å². The smallest absolute Gasteiger partial charge is 0.353 e. The van der Waals surface area contributed by atoms with Gasteiger partial charge in [-0.1, -0.05) is 0 Å². The van der Waals surface area contributed by atoms with Gasteiger partial charge in [0.05, 0.1) is 18.3 Å². The van der Waals surface area contributed by atoms with Crippen molar-refractivity contribution in [1.29, 1.82) is 0 Å². The van der Waals surface area contributed by atoms with Gasteiger partial charge in [0.15, 0.2) is 5.82 Å². The third kappa shape index (κ3) is 4.36. The molecule has 2 aliphatic heterocycles. The molecule has 3 atom stereocenters. The quantitative estimate of drug-likeness (QED) is 0.565. The van der Waals surface area contributed by atoms with Crippen molar-refractivity contribution in [3.8, 4) is 0 Å². The summed E-state index contributed by atoms with van der Waals surface area (Å²) in [5.41, 5.74) is 5.90. The van der Waals surface area contributed by atoms with Crippen LogP contribution < -0.4 is 20.9 Å². The van der Waals surface area contributed by atoms with Gasteiger partial charge in [-0.3, -0.25) is 4.40 Å². The molecular formula is C20H23F4N9. The Morgan fingerprint density at radius 1 is 1.00 bits per heavy atom. The lowest BCUT2D eigenvalue weighted by atomic mass is 10.0. The predicted octanol–water partition coefficient (Wildman–Crippen LogP) is 2.10. The Morgan fingerprint density at radius 3 is 2.48 bits per heavy atom. The molecule has 13 heteroatoms. The number of imidazole rings is 1. The molecule has 5 rings (SSSR count). The van der Waals surface area contributed by atoms with Gasteiger partial charge in [0, 0.05) is 62.9 Å². The molecule has 3 aromatic heterocycles. The van der Waals surface area contributed by atoms with E-state index in [1.807, 2.05) is 9.30 Å². The van der Waals surface area contributed by atoms with Crippen molar-refractivity contribution >= 4 is 23.2 Å². The summed E-state index contributed by atoms with van der Waals surface area (Å²) in [6.07, 6.45) is 2.00. The zero-order chi connectivity index (χ0) is 23.2. The monoisotopic (exact) mass is 465 g/mol. The Hall–Kier alpha value is -3.22. The minimum atomic E-state index is -4.51. The van der Waals surface area contributed by atoms with Crippen LogP contribution >= 0.6 is 0 Å². The van der Waals surface area contributed by atoms with E-state index in [0.717, 1.165) is 24.3 Å². The van der Waals surface area contributed by atoms with Crippen LogP contribution in [0.5, 0.6) is 0 Å². The molecule has 3 aromatic rings. The summed E-state index contributed by atoms with van der Waals surface area (Å²) < 4.78 is 54.7. The lowest BCUT2D eigenvalue weighted by Crippen LogP contribution is -2.48. The van der Waals surface area contributed by atoms with Crippen LogP contribution in [0.2, 0.25) is 0 Å². The number of hydrogen-bond acceptors (Lipinski definition) is 8. The highest BCUT2D eigenvalue weighted by Crippen LogP contribution is 2.30. The second-order valence-corrected chi connectivity index (χ2v) is 8.43. The van der Waals surface area contributed by atoms with Crippen LogP contribution in [0.1, 0.15) is 18.4 Å². The van der Waals surface area contributed by atoms with E-state index in [1.54, 1.807) is 18.6 Å². The predicted molar refractivity (Wildman–Crippen MR) is 114 cm³/mol. The maximum Gasteiger partial charge on any atom is 0.419 e. The summed E-state index contributed by atoms with van der Waals surface area (Å²) in [5.74, 6) is 1.37. The summed E-state index contributed by atoms with van der Waals surface area (Å²) in [7, 11) is 0. The van der Waals surface area contributed by atoms with Crippen molar-refractivity contribution in [3.63, 3.8) is 0 Å². The topological polar surface area (TPSA) is 100 Å². The number of anilines is 3. The summed E-state index contributed by atoms with van der Waals surface area (Å²) in [4.78, 5) is 20.4. The second-order valence-electron chi connectivity index (χ2n) is 8.43. The number of nitrogens with one attached hydrogen (secondary N) is 1. The van der Waals surface area contributed by atoms with Crippen molar-refractivity contribution < 1.29 is 17.6 Å². The van der Waals surface area contributed by atoms with Gasteiger partial charge in [0.1, 0.15) is 11.7 Å². The molecule has 5 heterocycles. The summed E-state index contributed by atoms with van der Waals surface area (Å²) in [6.45, 7) is 2.06. The van der Waals surface area contributed by atoms with Gasteiger partial charge in [0.25, 0.3) is 0 Å². The Labute approximate surface area is 186 Å². The molecule has 0 saturated carbocycles. The third-order valence-corrected chi connectivity index (χ3v) is 5.94. The van der Waals surface area contributed by atoms with Crippen LogP contribution in [0.15, 0.2) is 31.0 Å². The molecule has 0 aromatic carbocycles. The van der Waals surface area contributed by atoms with Crippen LogP contribution in [0, 0.1) is 0 Å². The molecule has 2 fully saturated rings. The second kappa shape index (κ2) is 8.28. The van der Waals surface area contributed by atoms with E-state index < -0.39 is 24.0 Å². The minimum absolute atomic E-state index is 0.0203. The van der Waals surface area contributed by atoms with E-state index in [-0.39, 0.29) is 25.0 Å². The highest BCUT2D eigenvalue weighted by molar-refractivity contribution is 5.71. The minimum Gasteiger partial charge on any atom is -0.353 e. The number of halogens is 4. The molecule has 3 N–H and O–H groups in total. The number of piperidine rings is 1. The van der Waals surface area contributed by atoms with Gasteiger partial charge in [-0.25, -0.2) is 24.3 Å². The number of hydrogen-bond donors (Lipinski definition) is 2. The molecule has 176 valence electrons. The zero-order valence-corrected chi connectivity index (χ0v) is 17.6. The van der Waals surface area contributed by atoms with Crippen molar-refractivity contribution in [2.45, 2.75) is 37.3 Å². The highest BCUT2D eigenvalue weighted by atomic mass is 19.4. The first-order valence-corrected chi connectivity index (χ1v) is 10.7. The Kier molecular flexibility index (Phi) is 5.43. The number of nitrogens with two attached hydrogens (primary N) is 1. The van der Waals surface area contributed by atoms with Crippen LogP contribution in [0.25, 0.3) is 5.52 Å².